The molecule has 1 fully saturated rings. The van der Waals surface area contributed by atoms with Crippen molar-refractivity contribution in [2.45, 2.75) is 44.9 Å². The number of hydrogen-bond donors (Lipinski definition) is 1. The molecular weight excluding hydrogens is 206 g/mol. The van der Waals surface area contributed by atoms with E-state index < -0.39 is 0 Å². The van der Waals surface area contributed by atoms with Gasteiger partial charge in [0.05, 0.1) is 0 Å². The molecule has 1 aliphatic heterocycles. The fourth-order valence-corrected chi connectivity index (χ4v) is 2.59. The maximum atomic E-state index is 5.33. The van der Waals surface area contributed by atoms with E-state index in [2.05, 4.69) is 37.8 Å². The SMILES string of the molecule is CC(C)C(C)SCCNC1CCOCC1. The van der Waals surface area contributed by atoms with E-state index in [1.807, 2.05) is 0 Å². The first-order valence-electron chi connectivity index (χ1n) is 6.13. The van der Waals surface area contributed by atoms with E-state index in [4.69, 9.17) is 4.74 Å². The van der Waals surface area contributed by atoms with Crippen molar-refractivity contribution in [3.05, 3.63) is 0 Å². The second kappa shape index (κ2) is 7.53. The molecule has 0 amide bonds. The molecule has 2 nitrogen and oxygen atoms in total. The van der Waals surface area contributed by atoms with E-state index in [1.54, 1.807) is 0 Å². The van der Waals surface area contributed by atoms with E-state index in [-0.39, 0.29) is 0 Å². The summed E-state index contributed by atoms with van der Waals surface area (Å²) in [5.41, 5.74) is 0. The molecule has 1 rings (SSSR count). The lowest BCUT2D eigenvalue weighted by Gasteiger charge is -2.23. The van der Waals surface area contributed by atoms with Crippen LogP contribution in [0.15, 0.2) is 0 Å². The number of ether oxygens (including phenoxy) is 1. The Morgan fingerprint density at radius 3 is 2.53 bits per heavy atom. The standard InChI is InChI=1S/C12H25NOS/c1-10(2)11(3)15-9-6-13-12-4-7-14-8-5-12/h10-13H,4-9H2,1-3H3. The molecule has 15 heavy (non-hydrogen) atoms. The molecule has 0 aromatic rings. The Morgan fingerprint density at radius 1 is 1.27 bits per heavy atom. The summed E-state index contributed by atoms with van der Waals surface area (Å²) < 4.78 is 5.33. The summed E-state index contributed by atoms with van der Waals surface area (Å²) in [7, 11) is 0. The van der Waals surface area contributed by atoms with Crippen LogP contribution in [-0.2, 0) is 4.74 Å². The van der Waals surface area contributed by atoms with Crippen molar-refractivity contribution in [2.24, 2.45) is 5.92 Å². The minimum atomic E-state index is 0.703. The van der Waals surface area contributed by atoms with Gasteiger partial charge in [-0.2, -0.15) is 11.8 Å². The van der Waals surface area contributed by atoms with Crippen LogP contribution in [0.2, 0.25) is 0 Å². The quantitative estimate of drug-likeness (QED) is 0.710. The van der Waals surface area contributed by atoms with Crippen LogP contribution >= 0.6 is 11.8 Å². The largest absolute Gasteiger partial charge is 0.381 e. The second-order valence-electron chi connectivity index (χ2n) is 4.66. The van der Waals surface area contributed by atoms with Gasteiger partial charge in [-0.3, -0.25) is 0 Å². The highest BCUT2D eigenvalue weighted by atomic mass is 32.2. The van der Waals surface area contributed by atoms with Crippen LogP contribution in [0.25, 0.3) is 0 Å². The number of rotatable bonds is 6. The lowest BCUT2D eigenvalue weighted by atomic mass is 10.1. The van der Waals surface area contributed by atoms with Gasteiger partial charge in [0.25, 0.3) is 0 Å². The smallest absolute Gasteiger partial charge is 0.0480 e. The fraction of sp³-hybridized carbons (Fsp3) is 1.00. The van der Waals surface area contributed by atoms with Crippen LogP contribution in [0.3, 0.4) is 0 Å². The molecule has 0 aromatic carbocycles. The zero-order valence-electron chi connectivity index (χ0n) is 10.3. The molecule has 1 saturated heterocycles. The van der Waals surface area contributed by atoms with Crippen molar-refractivity contribution in [1.82, 2.24) is 5.32 Å². The molecule has 1 heterocycles. The molecule has 1 aliphatic rings. The average molecular weight is 231 g/mol. The molecule has 0 spiro atoms. The van der Waals surface area contributed by atoms with Crippen molar-refractivity contribution in [1.29, 1.82) is 0 Å². The van der Waals surface area contributed by atoms with Gasteiger partial charge in [0.2, 0.25) is 0 Å². The van der Waals surface area contributed by atoms with E-state index >= 15 is 0 Å². The van der Waals surface area contributed by atoms with Crippen molar-refractivity contribution < 1.29 is 4.74 Å². The zero-order valence-corrected chi connectivity index (χ0v) is 11.1. The van der Waals surface area contributed by atoms with Crippen molar-refractivity contribution >= 4 is 11.8 Å². The highest BCUT2D eigenvalue weighted by molar-refractivity contribution is 7.99. The van der Waals surface area contributed by atoms with Gasteiger partial charge in [-0.25, -0.2) is 0 Å². The van der Waals surface area contributed by atoms with Gasteiger partial charge in [-0.1, -0.05) is 20.8 Å². The Bertz CT molecular complexity index is 158. The minimum absolute atomic E-state index is 0.703. The summed E-state index contributed by atoms with van der Waals surface area (Å²) in [5, 5.41) is 4.39. The Labute approximate surface area is 98.5 Å². The Balaban J connectivity index is 1.96. The Kier molecular flexibility index (Phi) is 6.69. The monoisotopic (exact) mass is 231 g/mol. The van der Waals surface area contributed by atoms with E-state index in [0.717, 1.165) is 30.9 Å². The van der Waals surface area contributed by atoms with Gasteiger partial charge in [0, 0.05) is 36.8 Å². The number of thioether (sulfide) groups is 1. The predicted octanol–water partition coefficient (Wildman–Crippen LogP) is 2.53. The van der Waals surface area contributed by atoms with Crippen LogP contribution in [0.4, 0.5) is 0 Å². The average Bonchev–Trinajstić information content (AvgIpc) is 2.25. The van der Waals surface area contributed by atoms with Crippen LogP contribution in [0.1, 0.15) is 33.6 Å². The molecule has 0 aliphatic carbocycles. The minimum Gasteiger partial charge on any atom is -0.381 e. The summed E-state index contributed by atoms with van der Waals surface area (Å²) in [5.74, 6) is 2.02. The lowest BCUT2D eigenvalue weighted by molar-refractivity contribution is 0.0786. The molecule has 0 saturated carbocycles. The van der Waals surface area contributed by atoms with Gasteiger partial charge in [0.15, 0.2) is 0 Å². The first kappa shape index (κ1) is 13.3. The first-order valence-corrected chi connectivity index (χ1v) is 7.17. The Morgan fingerprint density at radius 2 is 1.93 bits per heavy atom. The predicted molar refractivity (Wildman–Crippen MR) is 68.6 cm³/mol. The molecule has 0 bridgehead atoms. The van der Waals surface area contributed by atoms with Gasteiger partial charge in [-0.15, -0.1) is 0 Å². The van der Waals surface area contributed by atoms with Crippen molar-refractivity contribution in [3.8, 4) is 0 Å². The summed E-state index contributed by atoms with van der Waals surface area (Å²) >= 11 is 2.08. The molecule has 90 valence electrons. The first-order chi connectivity index (χ1) is 7.20. The van der Waals surface area contributed by atoms with Crippen molar-refractivity contribution in [2.75, 3.05) is 25.5 Å². The molecule has 0 radical (unpaired) electrons. The number of hydrogen-bond acceptors (Lipinski definition) is 3. The molecule has 0 aromatic heterocycles. The second-order valence-corrected chi connectivity index (χ2v) is 6.15. The molecule has 3 heteroatoms. The van der Waals surface area contributed by atoms with E-state index in [1.165, 1.54) is 18.6 Å². The van der Waals surface area contributed by atoms with Crippen LogP contribution < -0.4 is 5.32 Å². The summed E-state index contributed by atoms with van der Waals surface area (Å²) in [6, 6.07) is 0.703. The van der Waals surface area contributed by atoms with Crippen LogP contribution in [0, 0.1) is 5.92 Å². The summed E-state index contributed by atoms with van der Waals surface area (Å²) in [4.78, 5) is 0. The Hall–Kier alpha value is 0.270. The third kappa shape index (κ3) is 5.79. The highest BCUT2D eigenvalue weighted by Crippen LogP contribution is 2.17. The third-order valence-electron chi connectivity index (χ3n) is 3.08. The highest BCUT2D eigenvalue weighted by Gasteiger charge is 2.12. The van der Waals surface area contributed by atoms with Gasteiger partial charge >= 0.3 is 0 Å². The van der Waals surface area contributed by atoms with Gasteiger partial charge < -0.3 is 10.1 Å². The number of nitrogens with one attached hydrogen (secondary N) is 1. The van der Waals surface area contributed by atoms with Crippen molar-refractivity contribution in [3.63, 3.8) is 0 Å². The maximum absolute atomic E-state index is 5.33. The molecule has 1 N–H and O–H groups in total. The molecule has 1 atom stereocenters. The van der Waals surface area contributed by atoms with Gasteiger partial charge in [0.1, 0.15) is 0 Å². The van der Waals surface area contributed by atoms with Gasteiger partial charge in [-0.05, 0) is 18.8 Å². The summed E-state index contributed by atoms with van der Waals surface area (Å²) in [6.07, 6.45) is 2.37. The third-order valence-corrected chi connectivity index (χ3v) is 4.59. The topological polar surface area (TPSA) is 21.3 Å². The van der Waals surface area contributed by atoms with Crippen LogP contribution in [0.5, 0.6) is 0 Å². The fourth-order valence-electron chi connectivity index (χ4n) is 1.60. The van der Waals surface area contributed by atoms with Crippen LogP contribution in [-0.4, -0.2) is 36.8 Å². The molecular formula is C12H25NOS. The lowest BCUT2D eigenvalue weighted by Crippen LogP contribution is -2.36. The van der Waals surface area contributed by atoms with E-state index in [9.17, 15) is 0 Å². The normalized spacial score (nSPS) is 20.8. The summed E-state index contributed by atoms with van der Waals surface area (Å²) in [6.45, 7) is 9.93. The maximum Gasteiger partial charge on any atom is 0.0480 e. The zero-order chi connectivity index (χ0) is 11.1. The van der Waals surface area contributed by atoms with E-state index in [0.29, 0.717) is 6.04 Å². The molecule has 1 unspecified atom stereocenters.